The molecule has 0 spiro atoms. The Morgan fingerprint density at radius 1 is 1.33 bits per heavy atom. The zero-order valence-electron chi connectivity index (χ0n) is 12.6. The molecule has 0 saturated heterocycles. The largest absolute Gasteiger partial charge is 0.316 e. The number of hydrogen-bond donors (Lipinski definition) is 1. The van der Waals surface area contributed by atoms with Gasteiger partial charge in [0.1, 0.15) is 10.7 Å². The van der Waals surface area contributed by atoms with Gasteiger partial charge in [-0.3, -0.25) is 0 Å². The zero-order valence-corrected chi connectivity index (χ0v) is 15.0. The van der Waals surface area contributed by atoms with Crippen LogP contribution in [-0.2, 0) is 16.6 Å². The summed E-state index contributed by atoms with van der Waals surface area (Å²) in [6.45, 7) is 2.71. The van der Waals surface area contributed by atoms with E-state index in [2.05, 4.69) is 21.2 Å². The van der Waals surface area contributed by atoms with Gasteiger partial charge in [-0.25, -0.2) is 17.1 Å². The van der Waals surface area contributed by atoms with Gasteiger partial charge in [-0.1, -0.05) is 35.7 Å². The van der Waals surface area contributed by atoms with E-state index >= 15 is 0 Å². The van der Waals surface area contributed by atoms with E-state index in [1.807, 2.05) is 6.92 Å². The molecule has 0 aromatic heterocycles. The maximum absolute atomic E-state index is 14.4. The lowest BCUT2D eigenvalue weighted by Gasteiger charge is -2.18. The fraction of sp³-hybridized carbons (Fsp3) is 0.571. The van der Waals surface area contributed by atoms with Crippen LogP contribution in [0.2, 0.25) is 0 Å². The molecule has 0 radical (unpaired) electrons. The van der Waals surface area contributed by atoms with Gasteiger partial charge in [-0.05, 0) is 25.6 Å². The first kappa shape index (κ1) is 18.5. The van der Waals surface area contributed by atoms with Crippen molar-refractivity contribution in [2.45, 2.75) is 37.6 Å². The summed E-state index contributed by atoms with van der Waals surface area (Å²) in [5.41, 5.74) is 0.326. The summed E-state index contributed by atoms with van der Waals surface area (Å²) in [5, 5.41) is 2.83. The molecule has 0 fully saturated rings. The van der Waals surface area contributed by atoms with Gasteiger partial charge < -0.3 is 5.32 Å². The number of halogens is 2. The van der Waals surface area contributed by atoms with Crippen molar-refractivity contribution in [1.82, 2.24) is 9.62 Å². The summed E-state index contributed by atoms with van der Waals surface area (Å²) >= 11 is 3.25. The van der Waals surface area contributed by atoms with Gasteiger partial charge in [-0.15, -0.1) is 0 Å². The molecule has 4 nitrogen and oxygen atoms in total. The molecule has 0 atom stereocenters. The third kappa shape index (κ3) is 4.74. The predicted octanol–water partition coefficient (Wildman–Crippen LogP) is 3.12. The maximum Gasteiger partial charge on any atom is 0.245 e. The van der Waals surface area contributed by atoms with Gasteiger partial charge in [0.15, 0.2) is 0 Å². The molecule has 7 heteroatoms. The van der Waals surface area contributed by atoms with Crippen LogP contribution in [0, 0.1) is 5.82 Å². The van der Waals surface area contributed by atoms with E-state index < -0.39 is 15.8 Å². The van der Waals surface area contributed by atoms with Crippen LogP contribution < -0.4 is 5.32 Å². The molecule has 1 rings (SSSR count). The average Bonchev–Trinajstić information content (AvgIpc) is 2.42. The summed E-state index contributed by atoms with van der Waals surface area (Å²) in [6.07, 6.45) is 2.72. The van der Waals surface area contributed by atoms with Gasteiger partial charge in [-0.2, -0.15) is 0 Å². The van der Waals surface area contributed by atoms with Crippen LogP contribution in [0.4, 0.5) is 4.39 Å². The lowest BCUT2D eigenvalue weighted by atomic mass is 10.2. The average molecular weight is 381 g/mol. The first-order valence-corrected chi connectivity index (χ1v) is 9.16. The summed E-state index contributed by atoms with van der Waals surface area (Å²) < 4.78 is 41.2. The highest BCUT2D eigenvalue weighted by molar-refractivity contribution is 9.10. The smallest absolute Gasteiger partial charge is 0.245 e. The molecular formula is C14H22BrFN2O2S. The summed E-state index contributed by atoms with van der Waals surface area (Å²) in [7, 11) is -0.638. The second-order valence-electron chi connectivity index (χ2n) is 4.94. The normalized spacial score (nSPS) is 12.1. The van der Waals surface area contributed by atoms with Crippen LogP contribution in [0.5, 0.6) is 0 Å². The fourth-order valence-electron chi connectivity index (χ4n) is 2.00. The summed E-state index contributed by atoms with van der Waals surface area (Å²) in [6, 6.07) is 2.90. The number of hydrogen-bond acceptors (Lipinski definition) is 3. The molecule has 0 amide bonds. The Kier molecular flexibility index (Phi) is 7.26. The predicted molar refractivity (Wildman–Crippen MR) is 86.2 cm³/mol. The van der Waals surface area contributed by atoms with Crippen molar-refractivity contribution in [2.24, 2.45) is 0 Å². The van der Waals surface area contributed by atoms with Crippen molar-refractivity contribution in [3.05, 3.63) is 28.0 Å². The Hall–Kier alpha value is -0.500. The van der Waals surface area contributed by atoms with Gasteiger partial charge in [0.05, 0.1) is 0 Å². The van der Waals surface area contributed by atoms with Crippen LogP contribution >= 0.6 is 15.9 Å². The van der Waals surface area contributed by atoms with Crippen molar-refractivity contribution < 1.29 is 12.8 Å². The molecule has 0 saturated carbocycles. The third-order valence-corrected chi connectivity index (χ3v) is 5.53. The van der Waals surface area contributed by atoms with Crippen molar-refractivity contribution >= 4 is 26.0 Å². The highest BCUT2D eigenvalue weighted by atomic mass is 79.9. The fourth-order valence-corrected chi connectivity index (χ4v) is 3.99. The standard InChI is InChI=1S/C14H22BrFN2O2S/c1-4-5-6-7-18(3)21(19,20)13-9-12(15)8-11(10-17-2)14(13)16/h8-9,17H,4-7,10H2,1-3H3. The molecule has 1 aromatic rings. The van der Waals surface area contributed by atoms with E-state index in [0.29, 0.717) is 16.6 Å². The highest BCUT2D eigenvalue weighted by Gasteiger charge is 2.26. The number of benzene rings is 1. The summed E-state index contributed by atoms with van der Waals surface area (Å²) in [5.74, 6) is -0.685. The van der Waals surface area contributed by atoms with E-state index in [9.17, 15) is 12.8 Å². The quantitative estimate of drug-likeness (QED) is 0.704. The van der Waals surface area contributed by atoms with Gasteiger partial charge >= 0.3 is 0 Å². The van der Waals surface area contributed by atoms with Gasteiger partial charge in [0.2, 0.25) is 10.0 Å². The molecule has 0 aliphatic rings. The van der Waals surface area contributed by atoms with Crippen LogP contribution in [0.25, 0.3) is 0 Å². The SMILES string of the molecule is CCCCCN(C)S(=O)(=O)c1cc(Br)cc(CNC)c1F. The van der Waals surface area contributed by atoms with Crippen molar-refractivity contribution in [2.75, 3.05) is 20.6 Å². The number of rotatable bonds is 8. The Bertz CT molecular complexity index is 579. The Morgan fingerprint density at radius 2 is 2.00 bits per heavy atom. The topological polar surface area (TPSA) is 49.4 Å². The Morgan fingerprint density at radius 3 is 2.57 bits per heavy atom. The van der Waals surface area contributed by atoms with E-state index in [1.165, 1.54) is 17.4 Å². The number of sulfonamides is 1. The van der Waals surface area contributed by atoms with Crippen LogP contribution in [0.3, 0.4) is 0 Å². The van der Waals surface area contributed by atoms with E-state index in [-0.39, 0.29) is 11.4 Å². The Balaban J connectivity index is 3.12. The van der Waals surface area contributed by atoms with Crippen molar-refractivity contribution in [1.29, 1.82) is 0 Å². The van der Waals surface area contributed by atoms with E-state index in [1.54, 1.807) is 13.1 Å². The second-order valence-corrected chi connectivity index (χ2v) is 7.87. The molecule has 21 heavy (non-hydrogen) atoms. The van der Waals surface area contributed by atoms with E-state index in [4.69, 9.17) is 0 Å². The minimum atomic E-state index is -3.81. The van der Waals surface area contributed by atoms with Crippen LogP contribution in [0.15, 0.2) is 21.5 Å². The molecule has 0 heterocycles. The molecule has 0 unspecified atom stereocenters. The van der Waals surface area contributed by atoms with E-state index in [0.717, 1.165) is 19.3 Å². The summed E-state index contributed by atoms with van der Waals surface area (Å²) in [4.78, 5) is -0.277. The zero-order chi connectivity index (χ0) is 16.0. The second kappa shape index (κ2) is 8.22. The highest BCUT2D eigenvalue weighted by Crippen LogP contribution is 2.26. The molecule has 120 valence electrons. The maximum atomic E-state index is 14.4. The monoisotopic (exact) mass is 380 g/mol. The molecular weight excluding hydrogens is 359 g/mol. The van der Waals surface area contributed by atoms with Crippen LogP contribution in [0.1, 0.15) is 31.7 Å². The van der Waals surface area contributed by atoms with Crippen molar-refractivity contribution in [3.8, 4) is 0 Å². The van der Waals surface area contributed by atoms with Gasteiger partial charge in [0.25, 0.3) is 0 Å². The number of nitrogens with zero attached hydrogens (tertiary/aromatic N) is 1. The number of nitrogens with one attached hydrogen (secondary N) is 1. The minimum absolute atomic E-state index is 0.271. The van der Waals surface area contributed by atoms with Crippen molar-refractivity contribution in [3.63, 3.8) is 0 Å². The third-order valence-electron chi connectivity index (χ3n) is 3.21. The lowest BCUT2D eigenvalue weighted by molar-refractivity contribution is 0.448. The molecule has 1 aromatic carbocycles. The first-order valence-electron chi connectivity index (χ1n) is 6.93. The molecule has 0 aliphatic carbocycles. The first-order chi connectivity index (χ1) is 9.84. The number of unbranched alkanes of at least 4 members (excludes halogenated alkanes) is 2. The minimum Gasteiger partial charge on any atom is -0.316 e. The molecule has 0 bridgehead atoms. The molecule has 1 N–H and O–H groups in total. The lowest BCUT2D eigenvalue weighted by Crippen LogP contribution is -2.29. The Labute approximate surface area is 134 Å². The van der Waals surface area contributed by atoms with Crippen LogP contribution in [-0.4, -0.2) is 33.4 Å². The molecule has 0 aliphatic heterocycles. The van der Waals surface area contributed by atoms with Gasteiger partial charge in [0, 0.05) is 30.2 Å².